The van der Waals surface area contributed by atoms with Crippen LogP contribution in [0.3, 0.4) is 0 Å². The summed E-state index contributed by atoms with van der Waals surface area (Å²) < 4.78 is 0. The smallest absolute Gasteiger partial charge is 0.270 e. The van der Waals surface area contributed by atoms with Crippen LogP contribution in [0.5, 0.6) is 0 Å². The van der Waals surface area contributed by atoms with E-state index in [1.54, 1.807) is 0 Å². The summed E-state index contributed by atoms with van der Waals surface area (Å²) in [5.74, 6) is -0.252. The summed E-state index contributed by atoms with van der Waals surface area (Å²) in [6, 6.07) is 9.91. The second-order valence-electron chi connectivity index (χ2n) is 6.09. The SMILES string of the molecule is CCCc1nc(C(=O)NC(Cc2ccccc2)CC(C)C=O)cs1. The number of nitrogens with zero attached hydrogens (tertiary/aromatic N) is 1. The third kappa shape index (κ3) is 5.57. The summed E-state index contributed by atoms with van der Waals surface area (Å²) in [4.78, 5) is 27.9. The van der Waals surface area contributed by atoms with Gasteiger partial charge in [0.25, 0.3) is 5.91 Å². The van der Waals surface area contributed by atoms with Crippen molar-refractivity contribution in [1.29, 1.82) is 0 Å². The number of benzene rings is 1. The lowest BCUT2D eigenvalue weighted by Gasteiger charge is -2.20. The molecule has 2 rings (SSSR count). The fourth-order valence-electron chi connectivity index (χ4n) is 2.60. The van der Waals surface area contributed by atoms with Crippen LogP contribution in [0, 0.1) is 5.92 Å². The largest absolute Gasteiger partial charge is 0.348 e. The Balaban J connectivity index is 2.05. The molecule has 1 aromatic heterocycles. The molecule has 0 aliphatic heterocycles. The number of hydrogen-bond donors (Lipinski definition) is 1. The van der Waals surface area contributed by atoms with Crippen LogP contribution in [-0.4, -0.2) is 23.2 Å². The number of carbonyl (C=O) groups is 2. The van der Waals surface area contributed by atoms with Crippen LogP contribution < -0.4 is 5.32 Å². The first-order chi connectivity index (χ1) is 11.6. The van der Waals surface area contributed by atoms with Crippen molar-refractivity contribution in [3.8, 4) is 0 Å². The summed E-state index contributed by atoms with van der Waals surface area (Å²) >= 11 is 1.52. The summed E-state index contributed by atoms with van der Waals surface area (Å²) in [5, 5.41) is 5.85. The van der Waals surface area contributed by atoms with Crippen LogP contribution in [0.4, 0.5) is 0 Å². The Bertz CT molecular complexity index is 654. The Morgan fingerprint density at radius 1 is 1.33 bits per heavy atom. The Morgan fingerprint density at radius 3 is 2.75 bits per heavy atom. The number of aryl methyl sites for hydroxylation is 1. The summed E-state index contributed by atoms with van der Waals surface area (Å²) in [5.41, 5.74) is 1.62. The van der Waals surface area contributed by atoms with Crippen LogP contribution in [0.2, 0.25) is 0 Å². The van der Waals surface area contributed by atoms with Crippen molar-refractivity contribution in [2.24, 2.45) is 5.92 Å². The van der Waals surface area contributed by atoms with Crippen LogP contribution in [0.15, 0.2) is 35.7 Å². The molecule has 1 amide bonds. The molecule has 0 saturated heterocycles. The van der Waals surface area contributed by atoms with E-state index < -0.39 is 0 Å². The molecular weight excluding hydrogens is 320 g/mol. The number of aromatic nitrogens is 1. The molecule has 0 fully saturated rings. The molecule has 5 heteroatoms. The molecule has 0 saturated carbocycles. The minimum Gasteiger partial charge on any atom is -0.348 e. The van der Waals surface area contributed by atoms with Gasteiger partial charge in [0.1, 0.15) is 12.0 Å². The number of aldehydes is 1. The van der Waals surface area contributed by atoms with Crippen molar-refractivity contribution >= 4 is 23.5 Å². The molecule has 2 atom stereocenters. The van der Waals surface area contributed by atoms with E-state index in [1.165, 1.54) is 11.3 Å². The monoisotopic (exact) mass is 344 g/mol. The summed E-state index contributed by atoms with van der Waals surface area (Å²) in [7, 11) is 0. The Morgan fingerprint density at radius 2 is 2.08 bits per heavy atom. The Labute approximate surface area is 147 Å². The quantitative estimate of drug-likeness (QED) is 0.706. The number of nitrogens with one attached hydrogen (secondary N) is 1. The van der Waals surface area contributed by atoms with Crippen molar-refractivity contribution in [1.82, 2.24) is 10.3 Å². The number of rotatable bonds is 9. The van der Waals surface area contributed by atoms with Gasteiger partial charge in [-0.25, -0.2) is 4.98 Å². The number of amides is 1. The molecule has 0 radical (unpaired) electrons. The molecule has 0 spiro atoms. The summed E-state index contributed by atoms with van der Waals surface area (Å²) in [6.45, 7) is 3.97. The standard InChI is InChI=1S/C19H24N2O2S/c1-3-7-18-21-17(13-24-18)19(23)20-16(10-14(2)12-22)11-15-8-5-4-6-9-15/h4-6,8-9,12-14,16H,3,7,10-11H2,1-2H3,(H,20,23). The number of hydrogen-bond acceptors (Lipinski definition) is 4. The van der Waals surface area contributed by atoms with Gasteiger partial charge in [0, 0.05) is 17.3 Å². The molecule has 0 aliphatic carbocycles. The molecule has 1 heterocycles. The molecule has 2 unspecified atom stereocenters. The van der Waals surface area contributed by atoms with Gasteiger partial charge in [-0.15, -0.1) is 11.3 Å². The topological polar surface area (TPSA) is 59.1 Å². The van der Waals surface area contributed by atoms with Gasteiger partial charge in [-0.05, 0) is 31.2 Å². The van der Waals surface area contributed by atoms with Crippen LogP contribution >= 0.6 is 11.3 Å². The zero-order valence-corrected chi connectivity index (χ0v) is 15.0. The fraction of sp³-hybridized carbons (Fsp3) is 0.421. The van der Waals surface area contributed by atoms with E-state index in [9.17, 15) is 9.59 Å². The first-order valence-electron chi connectivity index (χ1n) is 8.36. The molecule has 2 aromatic rings. The zero-order valence-electron chi connectivity index (χ0n) is 14.2. The van der Waals surface area contributed by atoms with Gasteiger partial charge in [0.05, 0.1) is 5.01 Å². The van der Waals surface area contributed by atoms with Crippen molar-refractivity contribution in [2.45, 2.75) is 45.6 Å². The van der Waals surface area contributed by atoms with Crippen molar-refractivity contribution in [3.63, 3.8) is 0 Å². The van der Waals surface area contributed by atoms with Gasteiger partial charge in [0.15, 0.2) is 0 Å². The van der Waals surface area contributed by atoms with Crippen molar-refractivity contribution in [2.75, 3.05) is 0 Å². The average molecular weight is 344 g/mol. The van der Waals surface area contributed by atoms with E-state index in [4.69, 9.17) is 0 Å². The molecule has 4 nitrogen and oxygen atoms in total. The highest BCUT2D eigenvalue weighted by Crippen LogP contribution is 2.14. The lowest BCUT2D eigenvalue weighted by molar-refractivity contribution is -0.111. The molecule has 1 aromatic carbocycles. The Kier molecular flexibility index (Phi) is 7.12. The minimum absolute atomic E-state index is 0.0866. The highest BCUT2D eigenvalue weighted by molar-refractivity contribution is 7.09. The molecular formula is C19H24N2O2S. The van der Waals surface area contributed by atoms with Gasteiger partial charge in [-0.2, -0.15) is 0 Å². The first-order valence-corrected chi connectivity index (χ1v) is 9.24. The van der Waals surface area contributed by atoms with E-state index >= 15 is 0 Å². The van der Waals surface area contributed by atoms with E-state index in [-0.39, 0.29) is 17.9 Å². The van der Waals surface area contributed by atoms with Gasteiger partial charge in [0.2, 0.25) is 0 Å². The van der Waals surface area contributed by atoms with Crippen LogP contribution in [0.1, 0.15) is 47.7 Å². The lowest BCUT2D eigenvalue weighted by Crippen LogP contribution is -2.38. The second-order valence-corrected chi connectivity index (χ2v) is 7.03. The molecule has 128 valence electrons. The summed E-state index contributed by atoms with van der Waals surface area (Å²) in [6.07, 6.45) is 4.18. The van der Waals surface area contributed by atoms with Crippen molar-refractivity contribution < 1.29 is 9.59 Å². The maximum absolute atomic E-state index is 12.5. The fourth-order valence-corrected chi connectivity index (χ4v) is 3.48. The first kappa shape index (κ1) is 18.3. The molecule has 0 aliphatic rings. The minimum atomic E-state index is -0.160. The Hall–Kier alpha value is -2.01. The lowest BCUT2D eigenvalue weighted by atomic mass is 9.97. The zero-order chi connectivity index (χ0) is 17.4. The number of carbonyl (C=O) groups excluding carboxylic acids is 2. The van der Waals surface area contributed by atoms with E-state index in [2.05, 4.69) is 17.2 Å². The second kappa shape index (κ2) is 9.33. The maximum Gasteiger partial charge on any atom is 0.270 e. The van der Waals surface area contributed by atoms with Gasteiger partial charge in [-0.3, -0.25) is 4.79 Å². The van der Waals surface area contributed by atoms with E-state index in [1.807, 2.05) is 42.6 Å². The maximum atomic E-state index is 12.5. The van der Waals surface area contributed by atoms with Gasteiger partial charge < -0.3 is 10.1 Å². The highest BCUT2D eigenvalue weighted by atomic mass is 32.1. The molecule has 24 heavy (non-hydrogen) atoms. The van der Waals surface area contributed by atoms with Gasteiger partial charge >= 0.3 is 0 Å². The third-order valence-corrected chi connectivity index (χ3v) is 4.71. The molecule has 1 N–H and O–H groups in total. The van der Waals surface area contributed by atoms with Crippen LogP contribution in [0.25, 0.3) is 0 Å². The van der Waals surface area contributed by atoms with Crippen molar-refractivity contribution in [3.05, 3.63) is 52.0 Å². The van der Waals surface area contributed by atoms with Crippen LogP contribution in [-0.2, 0) is 17.6 Å². The van der Waals surface area contributed by atoms with Gasteiger partial charge in [-0.1, -0.05) is 44.2 Å². The van der Waals surface area contributed by atoms with E-state index in [0.29, 0.717) is 18.5 Å². The average Bonchev–Trinajstić information content (AvgIpc) is 3.04. The third-order valence-electron chi connectivity index (χ3n) is 3.80. The predicted molar refractivity (Wildman–Crippen MR) is 97.4 cm³/mol. The predicted octanol–water partition coefficient (Wildman–Crippen LogP) is 3.66. The molecule has 0 bridgehead atoms. The number of thiazole rings is 1. The normalized spacial score (nSPS) is 13.2. The van der Waals surface area contributed by atoms with E-state index in [0.717, 1.165) is 29.7 Å². The highest BCUT2D eigenvalue weighted by Gasteiger charge is 2.19.